The van der Waals surface area contributed by atoms with Crippen LogP contribution < -0.4 is 5.32 Å². The molecule has 6 rings (SSSR count). The molecule has 218 valence electrons. The van der Waals surface area contributed by atoms with Crippen molar-refractivity contribution in [2.45, 2.75) is 69.4 Å². The summed E-state index contributed by atoms with van der Waals surface area (Å²) in [5.41, 5.74) is 0.828. The number of anilines is 1. The monoisotopic (exact) mass is 567 g/mol. The van der Waals surface area contributed by atoms with Gasteiger partial charge >= 0.3 is 6.18 Å². The third-order valence-corrected chi connectivity index (χ3v) is 10.4. The second kappa shape index (κ2) is 11.1. The van der Waals surface area contributed by atoms with E-state index in [4.69, 9.17) is 0 Å². The summed E-state index contributed by atoms with van der Waals surface area (Å²) in [5, 5.41) is 12.0. The molecule has 4 fully saturated rings. The molecule has 1 amide bonds. The Kier molecular flexibility index (Phi) is 7.61. The maximum atomic E-state index is 14.0. The number of nitrogens with one attached hydrogen (secondary N) is 1. The van der Waals surface area contributed by atoms with Crippen LogP contribution in [0.3, 0.4) is 0 Å². The molecule has 1 heterocycles. The summed E-state index contributed by atoms with van der Waals surface area (Å²) in [4.78, 5) is 15.9. The maximum absolute atomic E-state index is 14.0. The zero-order valence-corrected chi connectivity index (χ0v) is 23.2. The third-order valence-electron chi connectivity index (χ3n) is 10.4. The van der Waals surface area contributed by atoms with Crippen LogP contribution in [-0.4, -0.2) is 30.4 Å². The fourth-order valence-corrected chi connectivity index (χ4v) is 8.23. The smallest absolute Gasteiger partial charge is 0.326 e. The van der Waals surface area contributed by atoms with Gasteiger partial charge in [-0.25, -0.2) is 4.39 Å². The predicted molar refractivity (Wildman–Crippen MR) is 148 cm³/mol. The number of fused-ring (bicyclic) bond motifs is 1. The van der Waals surface area contributed by atoms with E-state index in [1.807, 2.05) is 18.2 Å². The van der Waals surface area contributed by atoms with Gasteiger partial charge in [-0.2, -0.15) is 18.4 Å². The van der Waals surface area contributed by atoms with Crippen molar-refractivity contribution in [1.82, 2.24) is 4.90 Å². The number of unbranched alkanes of at least 4 members (excludes halogenated alkanes) is 1. The minimum atomic E-state index is -4.69. The SMILES string of the molecule is N#Cc1cccc([C@]23CCC(C4C(CCCCN5CCCC5)C4C(=O)Nc4cc(F)cc(C(F)(F)F)c4)CC2C3)c1. The highest BCUT2D eigenvalue weighted by molar-refractivity contribution is 5.95. The van der Waals surface area contributed by atoms with Gasteiger partial charge in [-0.05, 0) is 136 Å². The molecule has 6 atom stereocenters. The highest BCUT2D eigenvalue weighted by atomic mass is 19.4. The molecule has 4 nitrogen and oxygen atoms in total. The third kappa shape index (κ3) is 5.88. The lowest BCUT2D eigenvalue weighted by atomic mass is 9.75. The Labute approximate surface area is 239 Å². The number of nitriles is 1. The summed E-state index contributed by atoms with van der Waals surface area (Å²) in [5.74, 6) is -0.201. The van der Waals surface area contributed by atoms with E-state index in [1.165, 1.54) is 18.4 Å². The van der Waals surface area contributed by atoms with Crippen LogP contribution in [0.5, 0.6) is 0 Å². The van der Waals surface area contributed by atoms with Crippen LogP contribution in [0.15, 0.2) is 42.5 Å². The van der Waals surface area contributed by atoms with Gasteiger partial charge in [-0.15, -0.1) is 0 Å². The van der Waals surface area contributed by atoms with Crippen molar-refractivity contribution in [3.63, 3.8) is 0 Å². The molecule has 3 aliphatic carbocycles. The quantitative estimate of drug-likeness (QED) is 0.252. The molecule has 2 aromatic carbocycles. The summed E-state index contributed by atoms with van der Waals surface area (Å²) in [6, 6.07) is 12.4. The number of nitrogens with zero attached hydrogens (tertiary/aromatic N) is 2. The highest BCUT2D eigenvalue weighted by Crippen LogP contribution is 2.68. The van der Waals surface area contributed by atoms with Gasteiger partial charge < -0.3 is 10.2 Å². The largest absolute Gasteiger partial charge is 0.416 e. The Bertz CT molecular complexity index is 1330. The molecular formula is C33H37F4N3O. The Hall–Kier alpha value is -2.92. The number of benzene rings is 2. The van der Waals surface area contributed by atoms with Crippen LogP contribution in [0.1, 0.15) is 74.5 Å². The molecule has 1 aliphatic heterocycles. The summed E-state index contributed by atoms with van der Waals surface area (Å²) < 4.78 is 53.7. The van der Waals surface area contributed by atoms with Crippen LogP contribution in [-0.2, 0) is 16.4 Å². The Balaban J connectivity index is 1.13. The fourth-order valence-electron chi connectivity index (χ4n) is 8.23. The van der Waals surface area contributed by atoms with Crippen LogP contribution in [0.4, 0.5) is 23.2 Å². The number of halogens is 4. The topological polar surface area (TPSA) is 56.1 Å². The predicted octanol–water partition coefficient (Wildman–Crippen LogP) is 7.54. The first-order chi connectivity index (χ1) is 19.7. The summed E-state index contributed by atoms with van der Waals surface area (Å²) in [6.45, 7) is 3.40. The number of alkyl halides is 3. The van der Waals surface area contributed by atoms with E-state index in [9.17, 15) is 27.6 Å². The first-order valence-electron chi connectivity index (χ1n) is 15.1. The van der Waals surface area contributed by atoms with Crippen molar-refractivity contribution in [3.8, 4) is 6.07 Å². The molecule has 1 N–H and O–H groups in total. The van der Waals surface area contributed by atoms with E-state index in [2.05, 4.69) is 22.4 Å². The zero-order valence-electron chi connectivity index (χ0n) is 23.2. The Morgan fingerprint density at radius 1 is 1.12 bits per heavy atom. The normalized spacial score (nSPS) is 30.9. The molecule has 0 spiro atoms. The van der Waals surface area contributed by atoms with E-state index in [0.717, 1.165) is 76.7 Å². The standard InChI is InChI=1S/C33H37F4N3O/c34-26-16-24(33(35,36)37)17-27(18-26)39-31(41)30-28(8-1-2-11-40-12-3-4-13-40)29(30)22-9-10-32(19-25(32)15-22)23-7-5-6-21(14-23)20-38/h5-7,14,16-18,22,25,28-30H,1-4,8-13,15,19H2,(H,39,41)/t22?,25?,28?,29?,30?,32-/m1/s1. The number of rotatable bonds is 9. The van der Waals surface area contributed by atoms with Gasteiger partial charge in [0.15, 0.2) is 0 Å². The van der Waals surface area contributed by atoms with Crippen molar-refractivity contribution in [3.05, 3.63) is 65.0 Å². The molecular weight excluding hydrogens is 530 g/mol. The lowest BCUT2D eigenvalue weighted by Gasteiger charge is -2.29. The van der Waals surface area contributed by atoms with Gasteiger partial charge in [0.2, 0.25) is 5.91 Å². The molecule has 0 radical (unpaired) electrons. The van der Waals surface area contributed by atoms with E-state index in [1.54, 1.807) is 0 Å². The van der Waals surface area contributed by atoms with Gasteiger partial charge in [0, 0.05) is 11.6 Å². The second-order valence-electron chi connectivity index (χ2n) is 12.8. The van der Waals surface area contributed by atoms with Gasteiger partial charge in [-0.3, -0.25) is 4.79 Å². The van der Waals surface area contributed by atoms with Crippen LogP contribution >= 0.6 is 0 Å². The number of amides is 1. The molecule has 3 saturated carbocycles. The van der Waals surface area contributed by atoms with E-state index < -0.39 is 17.6 Å². The molecule has 2 aromatic rings. The van der Waals surface area contributed by atoms with Crippen LogP contribution in [0.25, 0.3) is 0 Å². The highest BCUT2D eigenvalue weighted by Gasteiger charge is 2.63. The summed E-state index contributed by atoms with van der Waals surface area (Å²) >= 11 is 0. The number of carbonyl (C=O) groups excluding carboxylic acids is 1. The minimum Gasteiger partial charge on any atom is -0.326 e. The first-order valence-corrected chi connectivity index (χ1v) is 15.1. The number of hydrogen-bond acceptors (Lipinski definition) is 3. The van der Waals surface area contributed by atoms with Gasteiger partial charge in [-0.1, -0.05) is 18.6 Å². The van der Waals surface area contributed by atoms with Crippen molar-refractivity contribution >= 4 is 11.6 Å². The van der Waals surface area contributed by atoms with Crippen molar-refractivity contribution < 1.29 is 22.4 Å². The molecule has 1 saturated heterocycles. The van der Waals surface area contributed by atoms with Crippen molar-refractivity contribution in [2.24, 2.45) is 29.6 Å². The van der Waals surface area contributed by atoms with Crippen LogP contribution in [0, 0.1) is 46.7 Å². The molecule has 0 bridgehead atoms. The number of likely N-dealkylation sites (tertiary alicyclic amines) is 1. The minimum absolute atomic E-state index is 0.136. The maximum Gasteiger partial charge on any atom is 0.416 e. The summed E-state index contributed by atoms with van der Waals surface area (Å²) in [7, 11) is 0. The second-order valence-corrected chi connectivity index (χ2v) is 12.8. The molecule has 0 aromatic heterocycles. The molecule has 41 heavy (non-hydrogen) atoms. The zero-order chi connectivity index (χ0) is 28.8. The molecule has 5 unspecified atom stereocenters. The first kappa shape index (κ1) is 28.2. The van der Waals surface area contributed by atoms with Gasteiger partial charge in [0.25, 0.3) is 0 Å². The Morgan fingerprint density at radius 2 is 1.93 bits per heavy atom. The Morgan fingerprint density at radius 3 is 2.66 bits per heavy atom. The number of hydrogen-bond donors (Lipinski definition) is 1. The lowest BCUT2D eigenvalue weighted by molar-refractivity contribution is -0.137. The van der Waals surface area contributed by atoms with Crippen LogP contribution in [0.2, 0.25) is 0 Å². The fraction of sp³-hybridized carbons (Fsp3) is 0.576. The lowest BCUT2D eigenvalue weighted by Crippen LogP contribution is -2.23. The number of carbonyl (C=O) groups is 1. The van der Waals surface area contributed by atoms with E-state index in [0.29, 0.717) is 23.5 Å². The van der Waals surface area contributed by atoms with E-state index in [-0.39, 0.29) is 34.8 Å². The summed E-state index contributed by atoms with van der Waals surface area (Å²) in [6.07, 6.45) is 5.05. The van der Waals surface area contributed by atoms with E-state index >= 15 is 0 Å². The molecule has 8 heteroatoms. The average molecular weight is 568 g/mol. The van der Waals surface area contributed by atoms with Gasteiger partial charge in [0.05, 0.1) is 17.2 Å². The van der Waals surface area contributed by atoms with Crippen molar-refractivity contribution in [1.29, 1.82) is 5.26 Å². The van der Waals surface area contributed by atoms with Crippen molar-refractivity contribution in [2.75, 3.05) is 25.0 Å². The van der Waals surface area contributed by atoms with Gasteiger partial charge in [0.1, 0.15) is 5.82 Å². The molecule has 4 aliphatic rings. The average Bonchev–Trinajstić information content (AvgIpc) is 3.80.